The Hall–Kier alpha value is -0.830. The average molecular weight is 184 g/mol. The van der Waals surface area contributed by atoms with Crippen molar-refractivity contribution in [3.63, 3.8) is 0 Å². The topological polar surface area (TPSA) is 47.6 Å². The van der Waals surface area contributed by atoms with Gasteiger partial charge in [-0.1, -0.05) is 32.0 Å². The van der Waals surface area contributed by atoms with Gasteiger partial charge in [0.15, 0.2) is 0 Å². The maximum atomic E-state index is 4.87. The Morgan fingerprint density at radius 2 is 2.00 bits per heavy atom. The van der Waals surface area contributed by atoms with Crippen LogP contribution in [-0.4, -0.2) is 5.71 Å². The molecule has 0 amide bonds. The summed E-state index contributed by atoms with van der Waals surface area (Å²) in [5.41, 5.74) is 2.28. The minimum atomic E-state index is 0.257. The van der Waals surface area contributed by atoms with Crippen LogP contribution in [0.5, 0.6) is 0 Å². The summed E-state index contributed by atoms with van der Waals surface area (Å²) in [5.74, 6) is 4.87. The van der Waals surface area contributed by atoms with Crippen LogP contribution in [0.2, 0.25) is 0 Å². The summed E-state index contributed by atoms with van der Waals surface area (Å²) in [5, 5.41) is 3.71. The molecule has 0 rings (SSSR count). The van der Waals surface area contributed by atoms with Crippen molar-refractivity contribution >= 4 is 5.71 Å². The normalized spacial score (nSPS) is 14.6. The molecule has 0 atom stereocenters. The summed E-state index contributed by atoms with van der Waals surface area (Å²) in [6.07, 6.45) is 3.02. The van der Waals surface area contributed by atoms with E-state index in [1.165, 1.54) is 5.57 Å². The van der Waals surface area contributed by atoms with Gasteiger partial charge in [0, 0.05) is 0 Å². The summed E-state index contributed by atoms with van der Waals surface area (Å²) in [7, 11) is 0. The lowest BCUT2D eigenvalue weighted by Crippen LogP contribution is -2.11. The summed E-state index contributed by atoms with van der Waals surface area (Å²) in [6, 6.07) is 0. The zero-order valence-corrected chi connectivity index (χ0v) is 9.22. The van der Waals surface area contributed by atoms with Gasteiger partial charge in [-0.05, 0) is 31.3 Å². The quantitative estimate of drug-likeness (QED) is 0.541. The Morgan fingerprint density at radius 1 is 1.46 bits per heavy atom. The van der Waals surface area contributed by atoms with Gasteiger partial charge in [-0.25, -0.2) is 0 Å². The van der Waals surface area contributed by atoms with Crippen molar-refractivity contribution in [2.75, 3.05) is 0 Å². The van der Waals surface area contributed by atoms with E-state index in [2.05, 4.69) is 30.9 Å². The van der Waals surface area contributed by atoms with Crippen molar-refractivity contribution in [1.82, 2.24) is 0 Å². The molecular weight excluding hydrogens is 164 g/mol. The van der Waals surface area contributed by atoms with Crippen LogP contribution < -0.4 is 5.90 Å². The molecule has 3 nitrogen and oxygen atoms in total. The minimum absolute atomic E-state index is 0.257. The van der Waals surface area contributed by atoms with Gasteiger partial charge in [0.2, 0.25) is 0 Å². The van der Waals surface area contributed by atoms with Crippen LogP contribution in [0.15, 0.2) is 16.8 Å². The fourth-order valence-corrected chi connectivity index (χ4v) is 1.15. The maximum absolute atomic E-state index is 4.87. The van der Waals surface area contributed by atoms with E-state index in [1.54, 1.807) is 0 Å². The molecule has 0 fully saturated rings. The fraction of sp³-hybridized carbons (Fsp3) is 0.700. The van der Waals surface area contributed by atoms with Crippen molar-refractivity contribution in [1.29, 1.82) is 0 Å². The van der Waals surface area contributed by atoms with Gasteiger partial charge in [0.1, 0.15) is 0 Å². The first kappa shape index (κ1) is 12.2. The molecule has 0 aromatic heterocycles. The predicted molar refractivity (Wildman–Crippen MR) is 56.2 cm³/mol. The first-order valence-electron chi connectivity index (χ1n) is 4.47. The molecule has 0 aliphatic rings. The number of rotatable bonds is 3. The molecule has 13 heavy (non-hydrogen) atoms. The summed E-state index contributed by atoms with van der Waals surface area (Å²) < 4.78 is 0. The maximum Gasteiger partial charge on any atom is 0.0820 e. The van der Waals surface area contributed by atoms with Crippen LogP contribution in [0.1, 0.15) is 41.0 Å². The fourth-order valence-electron chi connectivity index (χ4n) is 1.15. The minimum Gasteiger partial charge on any atom is -0.302 e. The third-order valence-corrected chi connectivity index (χ3v) is 1.72. The number of oxime groups is 1. The molecule has 0 saturated heterocycles. The Bertz CT molecular complexity index is 211. The predicted octanol–water partition coefficient (Wildman–Crippen LogP) is 2.64. The van der Waals surface area contributed by atoms with E-state index in [0.717, 1.165) is 12.1 Å². The van der Waals surface area contributed by atoms with Crippen LogP contribution in [0.25, 0.3) is 0 Å². The second kappa shape index (κ2) is 5.02. The lowest BCUT2D eigenvalue weighted by Gasteiger charge is -2.19. The smallest absolute Gasteiger partial charge is 0.0820 e. The molecule has 0 spiro atoms. The number of hydrogen-bond donors (Lipinski definition) is 1. The molecule has 0 unspecified atom stereocenters. The highest BCUT2D eigenvalue weighted by Gasteiger charge is 2.14. The molecule has 0 aromatic rings. The highest BCUT2D eigenvalue weighted by atomic mass is 16.7. The van der Waals surface area contributed by atoms with E-state index < -0.39 is 0 Å². The largest absolute Gasteiger partial charge is 0.302 e. The second-order valence-electron chi connectivity index (χ2n) is 4.33. The first-order valence-corrected chi connectivity index (χ1v) is 4.47. The molecule has 0 bridgehead atoms. The molecule has 3 heteroatoms. The zero-order chi connectivity index (χ0) is 10.5. The van der Waals surface area contributed by atoms with Gasteiger partial charge in [0.05, 0.1) is 5.71 Å². The summed E-state index contributed by atoms with van der Waals surface area (Å²) >= 11 is 0. The van der Waals surface area contributed by atoms with Crippen LogP contribution in [0, 0.1) is 5.41 Å². The van der Waals surface area contributed by atoms with Crippen LogP contribution in [-0.2, 0) is 4.94 Å². The van der Waals surface area contributed by atoms with Crippen molar-refractivity contribution in [2.24, 2.45) is 16.5 Å². The Labute approximate surface area is 80.6 Å². The third-order valence-electron chi connectivity index (χ3n) is 1.72. The highest BCUT2D eigenvalue weighted by Crippen LogP contribution is 2.24. The zero-order valence-electron chi connectivity index (χ0n) is 9.22. The van der Waals surface area contributed by atoms with Crippen LogP contribution >= 0.6 is 0 Å². The number of hydrogen-bond acceptors (Lipinski definition) is 3. The number of allylic oxidation sites excluding steroid dienone is 2. The lowest BCUT2D eigenvalue weighted by molar-refractivity contribution is 0.148. The highest BCUT2D eigenvalue weighted by molar-refractivity contribution is 5.97. The molecular formula is C10H20N2O. The SMILES string of the molecule is C/C=C(CC(C)(C)C)\C(C)=N/ON. The second-order valence-corrected chi connectivity index (χ2v) is 4.33. The molecule has 0 aromatic carbocycles. The van der Waals surface area contributed by atoms with Gasteiger partial charge in [-0.2, -0.15) is 0 Å². The van der Waals surface area contributed by atoms with Crippen LogP contribution in [0.3, 0.4) is 0 Å². The number of nitrogens with two attached hydrogens (primary N) is 1. The van der Waals surface area contributed by atoms with E-state index in [0.29, 0.717) is 0 Å². The number of nitrogens with zero attached hydrogens (tertiary/aromatic N) is 1. The molecule has 0 aliphatic carbocycles. The van der Waals surface area contributed by atoms with Gasteiger partial charge >= 0.3 is 0 Å². The Kier molecular flexibility index (Phi) is 4.70. The van der Waals surface area contributed by atoms with Gasteiger partial charge in [0.25, 0.3) is 0 Å². The van der Waals surface area contributed by atoms with Crippen molar-refractivity contribution < 1.29 is 4.94 Å². The first-order chi connectivity index (χ1) is 5.90. The molecule has 2 N–H and O–H groups in total. The van der Waals surface area contributed by atoms with Crippen LogP contribution in [0.4, 0.5) is 0 Å². The standard InChI is InChI=1S/C10H20N2O/c1-6-9(7-10(3,4)5)8(2)12-13-11/h6H,7,11H2,1-5H3/b9-6-,12-8-. The van der Waals surface area contributed by atoms with Gasteiger partial charge in [-0.3, -0.25) is 0 Å². The molecule has 0 heterocycles. The van der Waals surface area contributed by atoms with E-state index >= 15 is 0 Å². The van der Waals surface area contributed by atoms with Gasteiger partial charge < -0.3 is 4.94 Å². The third kappa shape index (κ3) is 5.42. The Balaban J connectivity index is 4.47. The summed E-state index contributed by atoms with van der Waals surface area (Å²) in [4.78, 5) is 4.25. The average Bonchev–Trinajstić information content (AvgIpc) is 1.99. The molecule has 0 aliphatic heterocycles. The molecule has 0 radical (unpaired) electrons. The van der Waals surface area contributed by atoms with E-state index in [1.807, 2.05) is 19.9 Å². The van der Waals surface area contributed by atoms with Crippen molar-refractivity contribution in [3.05, 3.63) is 11.6 Å². The Morgan fingerprint density at radius 3 is 2.31 bits per heavy atom. The molecule has 0 saturated carbocycles. The van der Waals surface area contributed by atoms with Crippen molar-refractivity contribution in [2.45, 2.75) is 41.0 Å². The summed E-state index contributed by atoms with van der Waals surface area (Å²) in [6.45, 7) is 10.5. The van der Waals surface area contributed by atoms with E-state index in [4.69, 9.17) is 5.90 Å². The van der Waals surface area contributed by atoms with E-state index in [-0.39, 0.29) is 5.41 Å². The molecule has 76 valence electrons. The monoisotopic (exact) mass is 184 g/mol. The van der Waals surface area contributed by atoms with Gasteiger partial charge in [-0.15, -0.1) is 5.90 Å². The van der Waals surface area contributed by atoms with E-state index in [9.17, 15) is 0 Å². The lowest BCUT2D eigenvalue weighted by atomic mass is 9.86. The van der Waals surface area contributed by atoms with Crippen molar-refractivity contribution in [3.8, 4) is 0 Å².